The fourth-order valence-corrected chi connectivity index (χ4v) is 3.50. The maximum absolute atomic E-state index is 12.8. The summed E-state index contributed by atoms with van der Waals surface area (Å²) in [6.07, 6.45) is 3.71. The average molecular weight is 391 g/mol. The van der Waals surface area contributed by atoms with Gasteiger partial charge in [0.25, 0.3) is 11.8 Å². The number of carbonyl (C=O) groups excluding carboxylic acids is 2. The molecule has 0 saturated carbocycles. The summed E-state index contributed by atoms with van der Waals surface area (Å²) in [6, 6.07) is 12.1. The van der Waals surface area contributed by atoms with Gasteiger partial charge in [-0.25, -0.2) is 0 Å². The summed E-state index contributed by atoms with van der Waals surface area (Å²) >= 11 is 0. The number of nitrogens with one attached hydrogen (secondary N) is 2. The first kappa shape index (κ1) is 18.8. The van der Waals surface area contributed by atoms with Crippen LogP contribution in [0.2, 0.25) is 0 Å². The highest BCUT2D eigenvalue weighted by molar-refractivity contribution is 5.95. The standard InChI is InChI=1S/C21H21N5O3/c27-13-18(14-4-2-1-3-5-14)23-20(28)19-16-8-11-26(12-17(16)24-25-19)21(29)15-6-9-22-10-7-15/h1-7,9-10,18,27H,8,11-13H2,(H,23,28)(H,24,25). The molecule has 2 aromatic heterocycles. The van der Waals surface area contributed by atoms with Crippen molar-refractivity contribution >= 4 is 11.8 Å². The van der Waals surface area contributed by atoms with E-state index >= 15 is 0 Å². The zero-order valence-electron chi connectivity index (χ0n) is 15.7. The molecule has 0 saturated heterocycles. The minimum absolute atomic E-state index is 0.0805. The van der Waals surface area contributed by atoms with Gasteiger partial charge in [0.2, 0.25) is 0 Å². The molecule has 0 spiro atoms. The molecule has 148 valence electrons. The SMILES string of the molecule is O=C(NC(CO)c1ccccc1)c1n[nH]c2c1CCN(C(=O)c1ccncc1)C2. The first-order chi connectivity index (χ1) is 14.2. The van der Waals surface area contributed by atoms with Crippen LogP contribution in [-0.4, -0.2) is 50.2 Å². The number of rotatable bonds is 5. The first-order valence-electron chi connectivity index (χ1n) is 9.39. The predicted octanol–water partition coefficient (Wildman–Crippen LogP) is 1.47. The zero-order chi connectivity index (χ0) is 20.2. The number of fused-ring (bicyclic) bond motifs is 1. The van der Waals surface area contributed by atoms with Crippen molar-refractivity contribution in [1.29, 1.82) is 0 Å². The second kappa shape index (κ2) is 8.24. The zero-order valence-corrected chi connectivity index (χ0v) is 15.7. The van der Waals surface area contributed by atoms with Gasteiger partial charge in [-0.3, -0.25) is 19.7 Å². The number of hydrogen-bond acceptors (Lipinski definition) is 5. The van der Waals surface area contributed by atoms with E-state index in [2.05, 4.69) is 20.5 Å². The highest BCUT2D eigenvalue weighted by atomic mass is 16.3. The van der Waals surface area contributed by atoms with Crippen LogP contribution in [0.15, 0.2) is 54.9 Å². The molecule has 4 rings (SSSR count). The largest absolute Gasteiger partial charge is 0.394 e. The van der Waals surface area contributed by atoms with Gasteiger partial charge >= 0.3 is 0 Å². The first-order valence-corrected chi connectivity index (χ1v) is 9.39. The number of nitrogens with zero attached hydrogens (tertiary/aromatic N) is 3. The van der Waals surface area contributed by atoms with Crippen LogP contribution in [0, 0.1) is 0 Å². The molecule has 3 N–H and O–H groups in total. The fraction of sp³-hybridized carbons (Fsp3) is 0.238. The molecule has 1 unspecified atom stereocenters. The minimum atomic E-state index is -0.510. The van der Waals surface area contributed by atoms with Crippen LogP contribution in [0.5, 0.6) is 0 Å². The van der Waals surface area contributed by atoms with Gasteiger partial charge in [-0.1, -0.05) is 30.3 Å². The fourth-order valence-electron chi connectivity index (χ4n) is 3.50. The molecule has 29 heavy (non-hydrogen) atoms. The number of aromatic amines is 1. The molecule has 1 aliphatic rings. The molecule has 1 aromatic carbocycles. The second-order valence-corrected chi connectivity index (χ2v) is 6.86. The number of amides is 2. The number of pyridine rings is 1. The predicted molar refractivity (Wildman–Crippen MR) is 105 cm³/mol. The third kappa shape index (κ3) is 3.88. The molecular formula is C21H21N5O3. The lowest BCUT2D eigenvalue weighted by molar-refractivity contribution is 0.0732. The Labute approximate surface area is 167 Å². The number of benzene rings is 1. The number of aliphatic hydroxyl groups excluding tert-OH is 1. The van der Waals surface area contributed by atoms with E-state index < -0.39 is 6.04 Å². The van der Waals surface area contributed by atoms with E-state index in [4.69, 9.17) is 0 Å². The summed E-state index contributed by atoms with van der Waals surface area (Å²) in [7, 11) is 0. The molecule has 0 aliphatic carbocycles. The summed E-state index contributed by atoms with van der Waals surface area (Å²) in [6.45, 7) is 0.644. The van der Waals surface area contributed by atoms with E-state index in [1.54, 1.807) is 29.4 Å². The quantitative estimate of drug-likeness (QED) is 0.610. The topological polar surface area (TPSA) is 111 Å². The van der Waals surface area contributed by atoms with Gasteiger partial charge in [-0.2, -0.15) is 5.10 Å². The molecule has 3 aromatic rings. The Hall–Kier alpha value is -3.52. The Morgan fingerprint density at radius 3 is 2.66 bits per heavy atom. The van der Waals surface area contributed by atoms with Crippen molar-refractivity contribution in [2.45, 2.75) is 19.0 Å². The average Bonchev–Trinajstić information content (AvgIpc) is 3.21. The lowest BCUT2D eigenvalue weighted by atomic mass is 10.0. The summed E-state index contributed by atoms with van der Waals surface area (Å²) < 4.78 is 0. The third-order valence-corrected chi connectivity index (χ3v) is 5.05. The Bertz CT molecular complexity index is 1000. The van der Waals surface area contributed by atoms with Crippen molar-refractivity contribution in [3.63, 3.8) is 0 Å². The summed E-state index contributed by atoms with van der Waals surface area (Å²) in [5, 5.41) is 19.6. The number of hydrogen-bond donors (Lipinski definition) is 3. The van der Waals surface area contributed by atoms with E-state index in [1.807, 2.05) is 30.3 Å². The van der Waals surface area contributed by atoms with E-state index in [1.165, 1.54) is 0 Å². The van der Waals surface area contributed by atoms with Crippen LogP contribution in [0.4, 0.5) is 0 Å². The van der Waals surface area contributed by atoms with Crippen molar-refractivity contribution < 1.29 is 14.7 Å². The minimum Gasteiger partial charge on any atom is -0.394 e. The van der Waals surface area contributed by atoms with Gasteiger partial charge in [-0.05, 0) is 24.1 Å². The van der Waals surface area contributed by atoms with E-state index in [9.17, 15) is 14.7 Å². The number of carbonyl (C=O) groups is 2. The maximum atomic E-state index is 12.8. The van der Waals surface area contributed by atoms with Crippen LogP contribution < -0.4 is 5.32 Å². The van der Waals surface area contributed by atoms with Crippen molar-refractivity contribution in [3.8, 4) is 0 Å². The Balaban J connectivity index is 1.48. The van der Waals surface area contributed by atoms with Gasteiger partial charge < -0.3 is 15.3 Å². The number of aromatic nitrogens is 3. The smallest absolute Gasteiger partial charge is 0.272 e. The highest BCUT2D eigenvalue weighted by Crippen LogP contribution is 2.22. The molecule has 8 nitrogen and oxygen atoms in total. The second-order valence-electron chi connectivity index (χ2n) is 6.86. The van der Waals surface area contributed by atoms with Crippen LogP contribution in [0.1, 0.15) is 43.7 Å². The van der Waals surface area contributed by atoms with Gasteiger partial charge in [0, 0.05) is 30.1 Å². The van der Waals surface area contributed by atoms with Crippen molar-refractivity contribution in [1.82, 2.24) is 25.4 Å². The molecule has 0 radical (unpaired) electrons. The van der Waals surface area contributed by atoms with Crippen molar-refractivity contribution in [2.24, 2.45) is 0 Å². The summed E-state index contributed by atoms with van der Waals surface area (Å²) in [5.74, 6) is -0.428. The van der Waals surface area contributed by atoms with E-state index in [0.29, 0.717) is 30.8 Å². The van der Waals surface area contributed by atoms with Gasteiger partial charge in [0.05, 0.1) is 24.9 Å². The molecule has 1 atom stereocenters. The van der Waals surface area contributed by atoms with Crippen molar-refractivity contribution in [3.05, 3.63) is 82.9 Å². The number of H-pyrrole nitrogens is 1. The summed E-state index contributed by atoms with van der Waals surface area (Å²) in [4.78, 5) is 31.1. The van der Waals surface area contributed by atoms with Gasteiger partial charge in [-0.15, -0.1) is 0 Å². The Kier molecular flexibility index (Phi) is 5.35. The van der Waals surface area contributed by atoms with Crippen LogP contribution in [0.3, 0.4) is 0 Å². The van der Waals surface area contributed by atoms with E-state index in [-0.39, 0.29) is 18.4 Å². The molecule has 1 aliphatic heterocycles. The van der Waals surface area contributed by atoms with E-state index in [0.717, 1.165) is 16.8 Å². The molecular weight excluding hydrogens is 370 g/mol. The molecule has 2 amide bonds. The molecule has 3 heterocycles. The van der Waals surface area contributed by atoms with Crippen molar-refractivity contribution in [2.75, 3.05) is 13.2 Å². The highest BCUT2D eigenvalue weighted by Gasteiger charge is 2.28. The summed E-state index contributed by atoms with van der Waals surface area (Å²) in [5.41, 5.74) is 3.27. The Morgan fingerprint density at radius 1 is 1.17 bits per heavy atom. The Morgan fingerprint density at radius 2 is 1.93 bits per heavy atom. The third-order valence-electron chi connectivity index (χ3n) is 5.05. The van der Waals surface area contributed by atoms with Gasteiger partial charge in [0.1, 0.15) is 0 Å². The lowest BCUT2D eigenvalue weighted by Crippen LogP contribution is -2.37. The maximum Gasteiger partial charge on any atom is 0.272 e. The van der Waals surface area contributed by atoms with Gasteiger partial charge in [0.15, 0.2) is 5.69 Å². The normalized spacial score (nSPS) is 14.2. The van der Waals surface area contributed by atoms with Crippen LogP contribution in [-0.2, 0) is 13.0 Å². The molecule has 0 bridgehead atoms. The lowest BCUT2D eigenvalue weighted by Gasteiger charge is -2.27. The number of aliphatic hydroxyl groups is 1. The molecule has 0 fully saturated rings. The monoisotopic (exact) mass is 391 g/mol. The molecule has 8 heteroatoms. The van der Waals surface area contributed by atoms with Crippen LogP contribution >= 0.6 is 0 Å². The van der Waals surface area contributed by atoms with Crippen LogP contribution in [0.25, 0.3) is 0 Å².